The van der Waals surface area contributed by atoms with E-state index in [0.29, 0.717) is 37.1 Å². The van der Waals surface area contributed by atoms with E-state index in [1.165, 1.54) is 0 Å². The number of sulfonamides is 1. The van der Waals surface area contributed by atoms with Crippen LogP contribution in [0.5, 0.6) is 5.75 Å². The molecule has 0 N–H and O–H groups in total. The normalized spacial score (nSPS) is 18.3. The Labute approximate surface area is 144 Å². The Bertz CT molecular complexity index is 675. The summed E-state index contributed by atoms with van der Waals surface area (Å²) < 4.78 is 31.2. The number of likely N-dealkylation sites (tertiary alicyclic amines) is 1. The highest BCUT2D eigenvalue weighted by molar-refractivity contribution is 7.92. The first-order valence-electron chi connectivity index (χ1n) is 8.30. The zero-order valence-corrected chi connectivity index (χ0v) is 15.4. The number of hydrogen-bond acceptors (Lipinski definition) is 4. The van der Waals surface area contributed by atoms with Crippen LogP contribution < -0.4 is 9.04 Å². The SMILES string of the molecule is CCOc1ccccc1N(CC(=O)N1CCC[C@@H](C)C1)S(C)(=O)=O. The van der Waals surface area contributed by atoms with Crippen molar-refractivity contribution in [3.8, 4) is 5.75 Å². The summed E-state index contributed by atoms with van der Waals surface area (Å²) in [5.41, 5.74) is 0.403. The van der Waals surface area contributed by atoms with Crippen molar-refractivity contribution in [3.63, 3.8) is 0 Å². The predicted octanol–water partition coefficient (Wildman–Crippen LogP) is 2.11. The van der Waals surface area contributed by atoms with E-state index in [0.717, 1.165) is 23.4 Å². The van der Waals surface area contributed by atoms with Gasteiger partial charge < -0.3 is 9.64 Å². The van der Waals surface area contributed by atoms with Crippen molar-refractivity contribution in [1.29, 1.82) is 0 Å². The highest BCUT2D eigenvalue weighted by Crippen LogP contribution is 2.30. The summed E-state index contributed by atoms with van der Waals surface area (Å²) in [6.45, 7) is 5.54. The van der Waals surface area contributed by atoms with Crippen molar-refractivity contribution in [1.82, 2.24) is 4.90 Å². The average Bonchev–Trinajstić information content (AvgIpc) is 2.52. The van der Waals surface area contributed by atoms with Gasteiger partial charge in [-0.05, 0) is 37.8 Å². The number of carbonyl (C=O) groups excluding carboxylic acids is 1. The molecular formula is C17H26N2O4S. The average molecular weight is 354 g/mol. The van der Waals surface area contributed by atoms with Crippen molar-refractivity contribution in [3.05, 3.63) is 24.3 Å². The lowest BCUT2D eigenvalue weighted by molar-refractivity contribution is -0.131. The van der Waals surface area contributed by atoms with E-state index in [4.69, 9.17) is 4.74 Å². The molecule has 1 aromatic carbocycles. The highest BCUT2D eigenvalue weighted by Gasteiger charge is 2.28. The van der Waals surface area contributed by atoms with Crippen LogP contribution in [0.2, 0.25) is 0 Å². The maximum Gasteiger partial charge on any atom is 0.243 e. The maximum absolute atomic E-state index is 12.6. The quantitative estimate of drug-likeness (QED) is 0.785. The fourth-order valence-electron chi connectivity index (χ4n) is 2.96. The van der Waals surface area contributed by atoms with Gasteiger partial charge in [0.2, 0.25) is 15.9 Å². The third-order valence-electron chi connectivity index (χ3n) is 4.12. The highest BCUT2D eigenvalue weighted by atomic mass is 32.2. The Morgan fingerprint density at radius 3 is 2.71 bits per heavy atom. The Kier molecular flexibility index (Phi) is 6.10. The Morgan fingerprint density at radius 1 is 1.38 bits per heavy atom. The van der Waals surface area contributed by atoms with Crippen LogP contribution in [0, 0.1) is 5.92 Å². The molecule has 1 aliphatic heterocycles. The van der Waals surface area contributed by atoms with Crippen LogP contribution in [0.1, 0.15) is 26.7 Å². The minimum absolute atomic E-state index is 0.168. The van der Waals surface area contributed by atoms with Gasteiger partial charge in [0, 0.05) is 13.1 Å². The zero-order valence-electron chi connectivity index (χ0n) is 14.6. The molecule has 1 aliphatic rings. The number of hydrogen-bond donors (Lipinski definition) is 0. The number of piperidine rings is 1. The first kappa shape index (κ1) is 18.6. The molecule has 7 heteroatoms. The molecule has 0 spiro atoms. The van der Waals surface area contributed by atoms with Gasteiger partial charge in [-0.25, -0.2) is 8.42 Å². The second-order valence-electron chi connectivity index (χ2n) is 6.26. The number of para-hydroxylation sites is 2. The van der Waals surface area contributed by atoms with E-state index < -0.39 is 10.0 Å². The number of nitrogens with zero attached hydrogens (tertiary/aromatic N) is 2. The van der Waals surface area contributed by atoms with Crippen LogP contribution in [0.25, 0.3) is 0 Å². The van der Waals surface area contributed by atoms with Gasteiger partial charge in [-0.3, -0.25) is 9.10 Å². The van der Waals surface area contributed by atoms with Gasteiger partial charge in [-0.1, -0.05) is 19.1 Å². The first-order valence-corrected chi connectivity index (χ1v) is 10.1. The second kappa shape index (κ2) is 7.88. The molecule has 6 nitrogen and oxygen atoms in total. The summed E-state index contributed by atoms with van der Waals surface area (Å²) in [6, 6.07) is 6.90. The molecule has 0 radical (unpaired) electrons. The Balaban J connectivity index is 2.25. The molecule has 1 aromatic rings. The first-order chi connectivity index (χ1) is 11.3. The largest absolute Gasteiger partial charge is 0.492 e. The number of anilines is 1. The van der Waals surface area contributed by atoms with Gasteiger partial charge in [0.15, 0.2) is 0 Å². The van der Waals surface area contributed by atoms with Gasteiger partial charge in [0.1, 0.15) is 12.3 Å². The van der Waals surface area contributed by atoms with Gasteiger partial charge in [-0.2, -0.15) is 0 Å². The molecular weight excluding hydrogens is 328 g/mol. The lowest BCUT2D eigenvalue weighted by atomic mass is 10.0. The molecule has 134 valence electrons. The van der Waals surface area contributed by atoms with Crippen molar-refractivity contribution in [2.24, 2.45) is 5.92 Å². The molecule has 2 rings (SSSR count). The molecule has 0 aliphatic carbocycles. The molecule has 1 atom stereocenters. The zero-order chi connectivity index (χ0) is 17.7. The van der Waals surface area contributed by atoms with Crippen LogP contribution in [-0.2, 0) is 14.8 Å². The number of ether oxygens (including phenoxy) is 1. The third-order valence-corrected chi connectivity index (χ3v) is 5.25. The van der Waals surface area contributed by atoms with Crippen LogP contribution in [0.4, 0.5) is 5.69 Å². The van der Waals surface area contributed by atoms with E-state index in [-0.39, 0.29) is 12.5 Å². The van der Waals surface area contributed by atoms with E-state index in [2.05, 4.69) is 6.92 Å². The summed E-state index contributed by atoms with van der Waals surface area (Å²) in [5, 5.41) is 0. The van der Waals surface area contributed by atoms with Crippen LogP contribution in [-0.4, -0.2) is 51.7 Å². The number of amides is 1. The fraction of sp³-hybridized carbons (Fsp3) is 0.588. The van der Waals surface area contributed by atoms with Crippen LogP contribution in [0.3, 0.4) is 0 Å². The number of carbonyl (C=O) groups is 1. The molecule has 0 saturated carbocycles. The van der Waals surface area contributed by atoms with Crippen LogP contribution in [0.15, 0.2) is 24.3 Å². The minimum atomic E-state index is -3.60. The Morgan fingerprint density at radius 2 is 2.08 bits per heavy atom. The van der Waals surface area contributed by atoms with E-state index in [1.54, 1.807) is 29.2 Å². The summed E-state index contributed by atoms with van der Waals surface area (Å²) in [4.78, 5) is 14.4. The minimum Gasteiger partial charge on any atom is -0.492 e. The predicted molar refractivity (Wildman–Crippen MR) is 94.8 cm³/mol. The molecule has 1 amide bonds. The van der Waals surface area contributed by atoms with Gasteiger partial charge in [0.05, 0.1) is 18.6 Å². The van der Waals surface area contributed by atoms with Crippen molar-refractivity contribution >= 4 is 21.6 Å². The molecule has 1 fully saturated rings. The lowest BCUT2D eigenvalue weighted by Gasteiger charge is -2.33. The smallest absolute Gasteiger partial charge is 0.243 e. The number of rotatable bonds is 6. The van der Waals surface area contributed by atoms with Crippen molar-refractivity contribution in [2.45, 2.75) is 26.7 Å². The summed E-state index contributed by atoms with van der Waals surface area (Å²) in [6.07, 6.45) is 3.18. The van der Waals surface area contributed by atoms with Crippen LogP contribution >= 0.6 is 0 Å². The van der Waals surface area contributed by atoms with Crippen molar-refractivity contribution in [2.75, 3.05) is 36.8 Å². The monoisotopic (exact) mass is 354 g/mol. The molecule has 24 heavy (non-hydrogen) atoms. The van der Waals surface area contributed by atoms with E-state index >= 15 is 0 Å². The molecule has 1 saturated heterocycles. The lowest BCUT2D eigenvalue weighted by Crippen LogP contribution is -2.46. The summed E-state index contributed by atoms with van der Waals surface area (Å²) in [7, 11) is -3.60. The summed E-state index contributed by atoms with van der Waals surface area (Å²) in [5.74, 6) is 0.744. The van der Waals surface area contributed by atoms with E-state index in [9.17, 15) is 13.2 Å². The standard InChI is InChI=1S/C17H26N2O4S/c1-4-23-16-10-6-5-9-15(16)19(24(3,21)22)13-17(20)18-11-7-8-14(2)12-18/h5-6,9-10,14H,4,7-8,11-13H2,1-3H3/t14-/m1/s1. The molecule has 1 heterocycles. The Hall–Kier alpha value is -1.76. The fourth-order valence-corrected chi connectivity index (χ4v) is 3.81. The third kappa shape index (κ3) is 4.63. The maximum atomic E-state index is 12.6. The summed E-state index contributed by atoms with van der Waals surface area (Å²) >= 11 is 0. The molecule has 0 bridgehead atoms. The molecule has 0 unspecified atom stereocenters. The second-order valence-corrected chi connectivity index (χ2v) is 8.16. The van der Waals surface area contributed by atoms with Crippen molar-refractivity contribution < 1.29 is 17.9 Å². The van der Waals surface area contributed by atoms with Gasteiger partial charge in [-0.15, -0.1) is 0 Å². The van der Waals surface area contributed by atoms with Gasteiger partial charge >= 0.3 is 0 Å². The van der Waals surface area contributed by atoms with E-state index in [1.807, 2.05) is 6.92 Å². The number of benzene rings is 1. The van der Waals surface area contributed by atoms with Gasteiger partial charge in [0.25, 0.3) is 0 Å². The molecule has 0 aromatic heterocycles. The topological polar surface area (TPSA) is 66.9 Å².